The summed E-state index contributed by atoms with van der Waals surface area (Å²) >= 11 is 1.49. The Kier molecular flexibility index (Phi) is 3.89. The van der Waals surface area contributed by atoms with Gasteiger partial charge in [-0.15, -0.1) is 11.3 Å². The third-order valence-corrected chi connectivity index (χ3v) is 5.95. The number of hydrogen-bond acceptors (Lipinski definition) is 6. The first-order valence-corrected chi connectivity index (χ1v) is 9.63. The van der Waals surface area contributed by atoms with E-state index >= 15 is 0 Å². The molecule has 0 saturated carbocycles. The van der Waals surface area contributed by atoms with Gasteiger partial charge in [-0.1, -0.05) is 0 Å². The molecule has 4 aromatic heterocycles. The van der Waals surface area contributed by atoms with Gasteiger partial charge in [-0.2, -0.15) is 5.26 Å². The van der Waals surface area contributed by atoms with E-state index in [1.807, 2.05) is 36.5 Å². The van der Waals surface area contributed by atoms with E-state index in [1.54, 1.807) is 24.0 Å². The Bertz CT molecular complexity index is 1430. The Morgan fingerprint density at radius 1 is 1.24 bits per heavy atom. The van der Waals surface area contributed by atoms with Gasteiger partial charge in [0, 0.05) is 41.4 Å². The van der Waals surface area contributed by atoms with Gasteiger partial charge in [0.25, 0.3) is 0 Å². The summed E-state index contributed by atoms with van der Waals surface area (Å²) in [5.74, 6) is 0.362. The number of carbonyl (C=O) groups excluding carboxylic acids is 1. The lowest BCUT2D eigenvalue weighted by Gasteiger charge is -2.09. The molecule has 29 heavy (non-hydrogen) atoms. The first-order chi connectivity index (χ1) is 14.2. The van der Waals surface area contributed by atoms with Crippen molar-refractivity contribution in [2.75, 3.05) is 5.32 Å². The van der Waals surface area contributed by atoms with Crippen LogP contribution in [0.25, 0.3) is 31.7 Å². The average Bonchev–Trinajstić information content (AvgIpc) is 3.45. The van der Waals surface area contributed by atoms with Crippen LogP contribution in [0.4, 0.5) is 11.4 Å². The molecule has 2 N–H and O–H groups in total. The molecule has 0 atom stereocenters. The van der Waals surface area contributed by atoms with E-state index in [4.69, 9.17) is 0 Å². The minimum absolute atomic E-state index is 0.362. The minimum atomic E-state index is 0.362. The maximum Gasteiger partial charge on any atom is 0.185 e. The number of H-pyrrole nitrogens is 1. The van der Waals surface area contributed by atoms with Crippen LogP contribution in [-0.2, 0) is 7.05 Å². The molecular formula is C21H14N6OS. The van der Waals surface area contributed by atoms with E-state index < -0.39 is 0 Å². The largest absolute Gasteiger partial charge is 0.361 e. The number of fused-ring (bicyclic) bond motifs is 2. The number of hydrogen-bond donors (Lipinski definition) is 2. The van der Waals surface area contributed by atoms with Crippen molar-refractivity contribution in [1.29, 1.82) is 5.26 Å². The molecule has 0 spiro atoms. The monoisotopic (exact) mass is 398 g/mol. The normalized spacial score (nSPS) is 11.0. The van der Waals surface area contributed by atoms with E-state index in [0.29, 0.717) is 17.1 Å². The van der Waals surface area contributed by atoms with E-state index in [0.717, 1.165) is 43.7 Å². The lowest BCUT2D eigenvalue weighted by molar-refractivity contribution is 0.111. The molecule has 0 bridgehead atoms. The zero-order valence-corrected chi connectivity index (χ0v) is 16.1. The molecule has 4 heterocycles. The summed E-state index contributed by atoms with van der Waals surface area (Å²) in [7, 11) is 1.80. The topological polar surface area (TPSA) is 99.4 Å². The maximum absolute atomic E-state index is 11.1. The van der Waals surface area contributed by atoms with Crippen molar-refractivity contribution in [2.45, 2.75) is 0 Å². The van der Waals surface area contributed by atoms with Crippen molar-refractivity contribution in [3.63, 3.8) is 0 Å². The molecule has 0 saturated heterocycles. The van der Waals surface area contributed by atoms with Gasteiger partial charge < -0.3 is 14.9 Å². The number of aromatic nitrogens is 4. The zero-order chi connectivity index (χ0) is 20.0. The van der Waals surface area contributed by atoms with Crippen LogP contribution in [0, 0.1) is 11.3 Å². The number of benzene rings is 1. The molecule has 0 unspecified atom stereocenters. The molecule has 140 valence electrons. The molecule has 1 aromatic carbocycles. The van der Waals surface area contributed by atoms with Gasteiger partial charge in [-0.05, 0) is 30.3 Å². The highest BCUT2D eigenvalue weighted by Crippen LogP contribution is 2.38. The number of nitriles is 1. The van der Waals surface area contributed by atoms with E-state index in [2.05, 4.69) is 26.3 Å². The van der Waals surface area contributed by atoms with Crippen LogP contribution in [0.2, 0.25) is 0 Å². The Balaban J connectivity index is 1.64. The summed E-state index contributed by atoms with van der Waals surface area (Å²) in [5, 5.41) is 14.9. The highest BCUT2D eigenvalue weighted by molar-refractivity contribution is 7.21. The van der Waals surface area contributed by atoms with Gasteiger partial charge in [0.2, 0.25) is 0 Å². The van der Waals surface area contributed by atoms with Crippen molar-refractivity contribution < 1.29 is 4.79 Å². The molecule has 0 amide bonds. The van der Waals surface area contributed by atoms with Crippen molar-refractivity contribution >= 4 is 50.1 Å². The van der Waals surface area contributed by atoms with Crippen LogP contribution in [0.3, 0.4) is 0 Å². The summed E-state index contributed by atoms with van der Waals surface area (Å²) in [6.07, 6.45) is 5.88. The number of thiophene rings is 1. The highest BCUT2D eigenvalue weighted by atomic mass is 32.1. The molecule has 0 radical (unpaired) electrons. The van der Waals surface area contributed by atoms with Crippen LogP contribution < -0.4 is 5.32 Å². The number of aldehydes is 1. The summed E-state index contributed by atoms with van der Waals surface area (Å²) in [6, 6.07) is 12.2. The molecule has 5 rings (SSSR count). The van der Waals surface area contributed by atoms with Crippen LogP contribution >= 0.6 is 11.3 Å². The summed E-state index contributed by atoms with van der Waals surface area (Å²) < 4.78 is 1.75. The van der Waals surface area contributed by atoms with E-state index in [-0.39, 0.29) is 0 Å². The quantitative estimate of drug-likeness (QED) is 0.431. The first-order valence-electron chi connectivity index (χ1n) is 8.82. The SMILES string of the molecule is Cn1c(-c2cc3c(Nc4ccc5[nH]ccc5c4)c(C#N)cnc3s2)cnc1C=O. The van der Waals surface area contributed by atoms with E-state index in [9.17, 15) is 10.1 Å². The second kappa shape index (κ2) is 6.58. The Hall–Kier alpha value is -3.96. The highest BCUT2D eigenvalue weighted by Gasteiger charge is 2.16. The molecule has 0 aliphatic heterocycles. The minimum Gasteiger partial charge on any atom is -0.361 e. The lowest BCUT2D eigenvalue weighted by Crippen LogP contribution is -1.96. The van der Waals surface area contributed by atoms with E-state index in [1.165, 1.54) is 11.3 Å². The number of carbonyl (C=O) groups is 1. The van der Waals surface area contributed by atoms with Crippen LogP contribution in [0.1, 0.15) is 16.2 Å². The third-order valence-electron chi connectivity index (χ3n) is 4.89. The molecule has 7 nitrogen and oxygen atoms in total. The predicted molar refractivity (Wildman–Crippen MR) is 114 cm³/mol. The Morgan fingerprint density at radius 3 is 2.93 bits per heavy atom. The van der Waals surface area contributed by atoms with Crippen LogP contribution in [0.15, 0.2) is 48.9 Å². The standard InChI is InChI=1S/C21H14N6OS/c1-27-17(10-24-19(27)11-28)18-7-15-20(13(8-22)9-25-21(15)29-18)26-14-2-3-16-12(6-14)4-5-23-16/h2-7,9-11,23H,1H3,(H,25,26). The van der Waals surface area contributed by atoms with Crippen molar-refractivity contribution in [1.82, 2.24) is 19.5 Å². The van der Waals surface area contributed by atoms with Crippen molar-refractivity contribution in [2.24, 2.45) is 7.05 Å². The second-order valence-electron chi connectivity index (χ2n) is 6.57. The van der Waals surface area contributed by atoms with Crippen molar-refractivity contribution in [3.8, 4) is 16.6 Å². The van der Waals surface area contributed by atoms with Gasteiger partial charge in [0.05, 0.1) is 28.0 Å². The average molecular weight is 398 g/mol. The molecule has 0 aliphatic rings. The Labute approximate surface area is 169 Å². The molecular weight excluding hydrogens is 384 g/mol. The number of nitrogens with one attached hydrogen (secondary N) is 2. The smallest absolute Gasteiger partial charge is 0.185 e. The lowest BCUT2D eigenvalue weighted by atomic mass is 10.1. The molecule has 0 aliphatic carbocycles. The third kappa shape index (κ3) is 2.76. The fraction of sp³-hybridized carbons (Fsp3) is 0.0476. The number of aromatic amines is 1. The Morgan fingerprint density at radius 2 is 2.14 bits per heavy atom. The fourth-order valence-electron chi connectivity index (χ4n) is 3.37. The van der Waals surface area contributed by atoms with Gasteiger partial charge in [0.1, 0.15) is 10.9 Å². The number of imidazole rings is 1. The van der Waals surface area contributed by atoms with Gasteiger partial charge in [-0.3, -0.25) is 4.79 Å². The number of rotatable bonds is 4. The molecule has 0 fully saturated rings. The number of pyridine rings is 1. The summed E-state index contributed by atoms with van der Waals surface area (Å²) in [4.78, 5) is 24.6. The number of nitrogens with zero attached hydrogens (tertiary/aromatic N) is 4. The molecule has 8 heteroatoms. The summed E-state index contributed by atoms with van der Waals surface area (Å²) in [5.41, 5.74) is 3.95. The van der Waals surface area contributed by atoms with Crippen LogP contribution in [-0.4, -0.2) is 25.8 Å². The van der Waals surface area contributed by atoms with Gasteiger partial charge in [-0.25, -0.2) is 9.97 Å². The zero-order valence-electron chi connectivity index (χ0n) is 15.3. The molecule has 5 aromatic rings. The first kappa shape index (κ1) is 17.2. The van der Waals surface area contributed by atoms with Crippen molar-refractivity contribution in [3.05, 3.63) is 60.3 Å². The number of anilines is 2. The van der Waals surface area contributed by atoms with Gasteiger partial charge in [0.15, 0.2) is 12.1 Å². The second-order valence-corrected chi connectivity index (χ2v) is 7.60. The maximum atomic E-state index is 11.1. The fourth-order valence-corrected chi connectivity index (χ4v) is 4.43. The van der Waals surface area contributed by atoms with Crippen LogP contribution in [0.5, 0.6) is 0 Å². The van der Waals surface area contributed by atoms with Gasteiger partial charge >= 0.3 is 0 Å². The summed E-state index contributed by atoms with van der Waals surface area (Å²) in [6.45, 7) is 0. The predicted octanol–water partition coefficient (Wildman–Crippen LogP) is 4.61.